The molecule has 0 saturated heterocycles. The first-order valence-electron chi connectivity index (χ1n) is 6.82. The number of nitrogens with zero attached hydrogens (tertiary/aromatic N) is 2. The molecular formula is C15H14Cl2F3N3O. The van der Waals surface area contributed by atoms with Crippen molar-refractivity contribution in [2.75, 3.05) is 5.32 Å². The summed E-state index contributed by atoms with van der Waals surface area (Å²) in [6.07, 6.45) is -1.39. The summed E-state index contributed by atoms with van der Waals surface area (Å²) >= 11 is 11.3. The third-order valence-electron chi connectivity index (χ3n) is 3.42. The zero-order chi connectivity index (χ0) is 18.3. The summed E-state index contributed by atoms with van der Waals surface area (Å²) in [7, 11) is 0. The summed E-state index contributed by atoms with van der Waals surface area (Å²) in [4.78, 5) is 12.5. The molecule has 1 heterocycles. The molecule has 9 heteroatoms. The Labute approximate surface area is 146 Å². The Morgan fingerprint density at radius 3 is 2.17 bits per heavy atom. The molecule has 1 amide bonds. The first-order chi connectivity index (χ1) is 10.9. The van der Waals surface area contributed by atoms with Crippen molar-refractivity contribution in [3.63, 3.8) is 0 Å². The van der Waals surface area contributed by atoms with Crippen molar-refractivity contribution < 1.29 is 18.0 Å². The van der Waals surface area contributed by atoms with Gasteiger partial charge in [0.05, 0.1) is 21.8 Å². The Balaban J connectivity index is 2.30. The number of aryl methyl sites for hydroxylation is 1. The zero-order valence-electron chi connectivity index (χ0n) is 13.0. The molecule has 0 aliphatic carbocycles. The van der Waals surface area contributed by atoms with Crippen molar-refractivity contribution in [1.29, 1.82) is 0 Å². The maximum atomic E-state index is 12.8. The average Bonchev–Trinajstić information content (AvgIpc) is 2.83. The fourth-order valence-electron chi connectivity index (χ4n) is 2.02. The van der Waals surface area contributed by atoms with Crippen LogP contribution in [0.5, 0.6) is 0 Å². The number of anilines is 1. The smallest absolute Gasteiger partial charge is 0.324 e. The van der Waals surface area contributed by atoms with E-state index < -0.39 is 33.2 Å². The molecule has 2 aromatic rings. The van der Waals surface area contributed by atoms with Gasteiger partial charge in [-0.3, -0.25) is 9.48 Å². The molecule has 0 aliphatic heterocycles. The number of carbonyl (C=O) groups is 1. The van der Waals surface area contributed by atoms with Crippen molar-refractivity contribution >= 4 is 34.8 Å². The number of amides is 1. The summed E-state index contributed by atoms with van der Waals surface area (Å²) < 4.78 is 40.0. The second-order valence-corrected chi connectivity index (χ2v) is 6.60. The van der Waals surface area contributed by atoms with Gasteiger partial charge in [0.25, 0.3) is 5.91 Å². The SMILES string of the molecule is Cc1cnn(C(C)(C)C(=O)Nc2cc(Cl)c(C(F)(F)F)c(Cl)c2)c1. The van der Waals surface area contributed by atoms with Gasteiger partial charge >= 0.3 is 6.18 Å². The van der Waals surface area contributed by atoms with Crippen molar-refractivity contribution in [2.45, 2.75) is 32.5 Å². The summed E-state index contributed by atoms with van der Waals surface area (Å²) in [6, 6.07) is 2.02. The lowest BCUT2D eigenvalue weighted by atomic mass is 10.0. The molecule has 0 bridgehead atoms. The van der Waals surface area contributed by atoms with Gasteiger partial charge in [0.2, 0.25) is 0 Å². The topological polar surface area (TPSA) is 46.9 Å². The second kappa shape index (κ2) is 6.29. The van der Waals surface area contributed by atoms with Gasteiger partial charge in [0.15, 0.2) is 0 Å². The Morgan fingerprint density at radius 1 is 1.21 bits per heavy atom. The molecule has 1 N–H and O–H groups in total. The predicted octanol–water partition coefficient (Wildman–Crippen LogP) is 4.89. The van der Waals surface area contributed by atoms with Gasteiger partial charge in [-0.25, -0.2) is 0 Å². The Hall–Kier alpha value is -1.73. The Bertz CT molecular complexity index is 762. The van der Waals surface area contributed by atoms with E-state index in [0.29, 0.717) is 0 Å². The molecule has 4 nitrogen and oxygen atoms in total. The highest BCUT2D eigenvalue weighted by Crippen LogP contribution is 2.41. The van der Waals surface area contributed by atoms with Gasteiger partial charge < -0.3 is 5.32 Å². The largest absolute Gasteiger partial charge is 0.419 e. The molecule has 0 spiro atoms. The molecule has 1 aromatic carbocycles. The van der Waals surface area contributed by atoms with Crippen molar-refractivity contribution in [2.24, 2.45) is 0 Å². The molecule has 24 heavy (non-hydrogen) atoms. The van der Waals surface area contributed by atoms with E-state index in [0.717, 1.165) is 17.7 Å². The van der Waals surface area contributed by atoms with Crippen LogP contribution in [0, 0.1) is 6.92 Å². The van der Waals surface area contributed by atoms with Crippen LogP contribution in [-0.2, 0) is 16.5 Å². The highest BCUT2D eigenvalue weighted by Gasteiger charge is 2.37. The lowest BCUT2D eigenvalue weighted by Crippen LogP contribution is -2.40. The van der Waals surface area contributed by atoms with E-state index in [4.69, 9.17) is 23.2 Å². The van der Waals surface area contributed by atoms with E-state index in [1.54, 1.807) is 26.2 Å². The molecule has 1 aromatic heterocycles. The number of alkyl halides is 3. The number of carbonyl (C=O) groups excluding carboxylic acids is 1. The molecule has 0 aliphatic rings. The summed E-state index contributed by atoms with van der Waals surface area (Å²) in [5.74, 6) is -0.475. The molecule has 0 radical (unpaired) electrons. The zero-order valence-corrected chi connectivity index (χ0v) is 14.5. The summed E-state index contributed by atoms with van der Waals surface area (Å²) in [5, 5.41) is 5.43. The quantitative estimate of drug-likeness (QED) is 0.824. The monoisotopic (exact) mass is 379 g/mol. The van der Waals surface area contributed by atoms with Gasteiger partial charge in [-0.2, -0.15) is 18.3 Å². The first kappa shape index (κ1) is 18.6. The van der Waals surface area contributed by atoms with Crippen LogP contribution in [0.4, 0.5) is 18.9 Å². The van der Waals surface area contributed by atoms with Crippen LogP contribution in [0.15, 0.2) is 24.5 Å². The van der Waals surface area contributed by atoms with Crippen molar-refractivity contribution in [3.8, 4) is 0 Å². The number of nitrogens with one attached hydrogen (secondary N) is 1. The second-order valence-electron chi connectivity index (χ2n) is 5.79. The third-order valence-corrected chi connectivity index (χ3v) is 4.02. The fourth-order valence-corrected chi connectivity index (χ4v) is 2.72. The number of halogens is 5. The predicted molar refractivity (Wildman–Crippen MR) is 86.4 cm³/mol. The van der Waals surface area contributed by atoms with Crippen LogP contribution in [0.2, 0.25) is 10.0 Å². The van der Waals surface area contributed by atoms with E-state index in [-0.39, 0.29) is 5.69 Å². The molecule has 0 atom stereocenters. The number of benzene rings is 1. The van der Waals surface area contributed by atoms with Crippen LogP contribution in [0.1, 0.15) is 25.0 Å². The number of aromatic nitrogens is 2. The maximum absolute atomic E-state index is 12.8. The highest BCUT2D eigenvalue weighted by atomic mass is 35.5. The number of hydrogen-bond donors (Lipinski definition) is 1. The van der Waals surface area contributed by atoms with E-state index >= 15 is 0 Å². The first-order valence-corrected chi connectivity index (χ1v) is 7.58. The average molecular weight is 380 g/mol. The van der Waals surface area contributed by atoms with Gasteiger partial charge in [-0.1, -0.05) is 23.2 Å². The van der Waals surface area contributed by atoms with Gasteiger partial charge in [0, 0.05) is 11.9 Å². The maximum Gasteiger partial charge on any atom is 0.419 e. The lowest BCUT2D eigenvalue weighted by molar-refractivity contribution is -0.137. The van der Waals surface area contributed by atoms with E-state index in [9.17, 15) is 18.0 Å². The minimum atomic E-state index is -4.68. The van der Waals surface area contributed by atoms with E-state index in [1.807, 2.05) is 6.92 Å². The lowest BCUT2D eigenvalue weighted by Gasteiger charge is -2.24. The van der Waals surface area contributed by atoms with E-state index in [1.165, 1.54) is 4.68 Å². The molecule has 0 saturated carbocycles. The molecule has 0 fully saturated rings. The van der Waals surface area contributed by atoms with Crippen LogP contribution in [0.3, 0.4) is 0 Å². The van der Waals surface area contributed by atoms with Crippen LogP contribution >= 0.6 is 23.2 Å². The number of rotatable bonds is 3. The Morgan fingerprint density at radius 2 is 1.75 bits per heavy atom. The third kappa shape index (κ3) is 3.67. The van der Waals surface area contributed by atoms with Crippen molar-refractivity contribution in [3.05, 3.63) is 45.7 Å². The highest BCUT2D eigenvalue weighted by molar-refractivity contribution is 6.36. The van der Waals surface area contributed by atoms with Crippen LogP contribution < -0.4 is 5.32 Å². The van der Waals surface area contributed by atoms with Gasteiger partial charge in [-0.15, -0.1) is 0 Å². The molecule has 2 rings (SSSR count). The van der Waals surface area contributed by atoms with E-state index in [2.05, 4.69) is 10.4 Å². The molecule has 0 unspecified atom stereocenters. The Kier molecular flexibility index (Phi) is 4.88. The number of hydrogen-bond acceptors (Lipinski definition) is 2. The minimum Gasteiger partial charge on any atom is -0.324 e. The van der Waals surface area contributed by atoms with Crippen molar-refractivity contribution in [1.82, 2.24) is 9.78 Å². The summed E-state index contributed by atoms with van der Waals surface area (Å²) in [5.41, 5.74) is -1.25. The normalized spacial score (nSPS) is 12.3. The molecular weight excluding hydrogens is 366 g/mol. The fraction of sp³-hybridized carbons (Fsp3) is 0.333. The van der Waals surface area contributed by atoms with Gasteiger partial charge in [0.1, 0.15) is 5.54 Å². The van der Waals surface area contributed by atoms with Crippen LogP contribution in [0.25, 0.3) is 0 Å². The van der Waals surface area contributed by atoms with Crippen LogP contribution in [-0.4, -0.2) is 15.7 Å². The standard InChI is InChI=1S/C15H14Cl2F3N3O/c1-8-6-21-23(7-8)14(2,3)13(24)22-9-4-10(16)12(11(17)5-9)15(18,19)20/h4-7H,1-3H3,(H,22,24). The van der Waals surface area contributed by atoms with Gasteiger partial charge in [-0.05, 0) is 38.5 Å². The summed E-state index contributed by atoms with van der Waals surface area (Å²) in [6.45, 7) is 5.08. The molecule has 130 valence electrons. The minimum absolute atomic E-state index is 0.0694.